The number of ether oxygens (including phenoxy) is 3. The van der Waals surface area contributed by atoms with E-state index in [0.717, 1.165) is 65.5 Å². The molecule has 3 heterocycles. The van der Waals surface area contributed by atoms with Crippen LogP contribution in [0.4, 0.5) is 0 Å². The molecule has 1 aliphatic heterocycles. The van der Waals surface area contributed by atoms with Gasteiger partial charge in [-0.3, -0.25) is 4.79 Å². The Morgan fingerprint density at radius 1 is 0.979 bits per heavy atom. The van der Waals surface area contributed by atoms with Gasteiger partial charge in [0.2, 0.25) is 5.88 Å². The Balaban J connectivity index is 1.20. The van der Waals surface area contributed by atoms with Crippen LogP contribution < -0.4 is 9.47 Å². The van der Waals surface area contributed by atoms with Crippen LogP contribution in [0.5, 0.6) is 17.4 Å². The molecular weight excluding hydrogens is 628 g/mol. The van der Waals surface area contributed by atoms with Crippen molar-refractivity contribution in [3.8, 4) is 28.6 Å². The van der Waals surface area contributed by atoms with Gasteiger partial charge >= 0.3 is 0 Å². The van der Waals surface area contributed by atoms with Crippen LogP contribution in [0.1, 0.15) is 44.1 Å². The third kappa shape index (κ3) is 9.44. The predicted octanol–water partition coefficient (Wildman–Crippen LogP) is 8.63. The Hall–Kier alpha value is -3.24. The molecule has 47 heavy (non-hydrogen) atoms. The van der Waals surface area contributed by atoms with Crippen molar-refractivity contribution in [1.82, 2.24) is 19.4 Å². The summed E-state index contributed by atoms with van der Waals surface area (Å²) in [6.45, 7) is 12.3. The van der Waals surface area contributed by atoms with Crippen molar-refractivity contribution in [3.63, 3.8) is 0 Å². The van der Waals surface area contributed by atoms with Crippen molar-refractivity contribution in [1.29, 1.82) is 0 Å². The summed E-state index contributed by atoms with van der Waals surface area (Å²) in [7, 11) is -1.24. The fourth-order valence-electron chi connectivity index (χ4n) is 6.01. The second-order valence-electron chi connectivity index (χ2n) is 14.2. The Kier molecular flexibility index (Phi) is 11.0. The molecule has 1 aliphatic carbocycles. The summed E-state index contributed by atoms with van der Waals surface area (Å²) in [5.41, 5.74) is 3.53. The monoisotopic (exact) mass is 674 g/mol. The molecule has 250 valence electrons. The van der Waals surface area contributed by atoms with E-state index in [2.05, 4.69) is 57.3 Å². The summed E-state index contributed by atoms with van der Waals surface area (Å²) in [6.07, 6.45) is 8.48. The summed E-state index contributed by atoms with van der Waals surface area (Å²) in [6, 6.07) is 16.8. The molecule has 1 saturated carbocycles. The highest BCUT2D eigenvalue weighted by molar-refractivity contribution is 6.76. The number of Topliss-reactive ketones (excluding diaryl/α,β-unsaturated/α-hetero) is 1. The van der Waals surface area contributed by atoms with E-state index in [9.17, 15) is 4.79 Å². The topological polar surface area (TPSA) is 78.7 Å². The first-order valence-electron chi connectivity index (χ1n) is 17.1. The SMILES string of the molecule is C[Si](C)(C)CCOCn1c(-c2ccc(OCCCN3CCCC3)cc2)cc2c(Oc3ccc(CC(=O)CC4CC4)c(Cl)c3)ncnc21. The molecule has 0 spiro atoms. The van der Waals surface area contributed by atoms with Gasteiger partial charge in [-0.1, -0.05) is 37.3 Å². The molecule has 2 aromatic carbocycles. The quantitative estimate of drug-likeness (QED) is 0.0819. The van der Waals surface area contributed by atoms with Gasteiger partial charge in [0.25, 0.3) is 0 Å². The number of fused-ring (bicyclic) bond motifs is 1. The zero-order valence-corrected chi connectivity index (χ0v) is 29.7. The molecule has 0 atom stereocenters. The van der Waals surface area contributed by atoms with Gasteiger partial charge in [0.1, 0.15) is 36.0 Å². The van der Waals surface area contributed by atoms with Crippen molar-refractivity contribution in [2.75, 3.05) is 32.8 Å². The highest BCUT2D eigenvalue weighted by atomic mass is 35.5. The van der Waals surface area contributed by atoms with E-state index in [0.29, 0.717) is 55.4 Å². The minimum absolute atomic E-state index is 0.235. The molecule has 0 N–H and O–H groups in total. The van der Waals surface area contributed by atoms with Crippen LogP contribution in [-0.2, 0) is 22.7 Å². The van der Waals surface area contributed by atoms with E-state index in [1.165, 1.54) is 32.3 Å². The predicted molar refractivity (Wildman–Crippen MR) is 190 cm³/mol. The van der Waals surface area contributed by atoms with E-state index < -0.39 is 8.07 Å². The maximum absolute atomic E-state index is 12.4. The second kappa shape index (κ2) is 15.3. The average Bonchev–Trinajstić information content (AvgIpc) is 3.54. The molecule has 0 bridgehead atoms. The van der Waals surface area contributed by atoms with E-state index >= 15 is 0 Å². The van der Waals surface area contributed by atoms with Gasteiger partial charge in [0, 0.05) is 39.1 Å². The fourth-order valence-corrected chi connectivity index (χ4v) is 7.00. The zero-order valence-electron chi connectivity index (χ0n) is 28.0. The number of carbonyl (C=O) groups excluding carboxylic acids is 1. The van der Waals surface area contributed by atoms with Crippen molar-refractivity contribution in [2.45, 2.75) is 77.4 Å². The zero-order chi connectivity index (χ0) is 32.8. The molecular formula is C37H47ClN4O4Si. The molecule has 6 rings (SSSR count). The number of hydrogen-bond donors (Lipinski definition) is 0. The molecule has 2 aromatic heterocycles. The van der Waals surface area contributed by atoms with Crippen molar-refractivity contribution >= 4 is 36.5 Å². The minimum atomic E-state index is -1.24. The van der Waals surface area contributed by atoms with E-state index in [1.807, 2.05) is 24.3 Å². The third-order valence-corrected chi connectivity index (χ3v) is 11.0. The summed E-state index contributed by atoms with van der Waals surface area (Å²) in [5, 5.41) is 1.29. The summed E-state index contributed by atoms with van der Waals surface area (Å²) < 4.78 is 20.7. The highest BCUT2D eigenvalue weighted by Gasteiger charge is 2.25. The molecule has 4 aromatic rings. The lowest BCUT2D eigenvalue weighted by molar-refractivity contribution is -0.118. The van der Waals surface area contributed by atoms with Crippen molar-refractivity contribution in [3.05, 3.63) is 65.4 Å². The van der Waals surface area contributed by atoms with E-state index in [-0.39, 0.29) is 5.78 Å². The highest BCUT2D eigenvalue weighted by Crippen LogP contribution is 2.36. The van der Waals surface area contributed by atoms with E-state index in [4.69, 9.17) is 25.8 Å². The van der Waals surface area contributed by atoms with Gasteiger partial charge in [-0.05, 0) is 111 Å². The first-order chi connectivity index (χ1) is 22.7. The first-order valence-corrected chi connectivity index (χ1v) is 21.2. The number of hydrogen-bond acceptors (Lipinski definition) is 7. The van der Waals surface area contributed by atoms with Gasteiger partial charge in [-0.2, -0.15) is 0 Å². The molecule has 10 heteroatoms. The molecule has 8 nitrogen and oxygen atoms in total. The Labute approximate surface area is 284 Å². The molecule has 2 aliphatic rings. The van der Waals surface area contributed by atoms with Gasteiger partial charge in [-0.25, -0.2) is 9.97 Å². The number of likely N-dealkylation sites (tertiary alicyclic amines) is 1. The fraction of sp³-hybridized carbons (Fsp3) is 0.486. The number of nitrogens with zero attached hydrogens (tertiary/aromatic N) is 4. The van der Waals surface area contributed by atoms with Gasteiger partial charge in [0.05, 0.1) is 17.7 Å². The molecule has 1 saturated heterocycles. The second-order valence-corrected chi connectivity index (χ2v) is 20.2. The Morgan fingerprint density at radius 3 is 2.47 bits per heavy atom. The maximum atomic E-state index is 12.4. The third-order valence-electron chi connectivity index (χ3n) is 8.95. The number of rotatable bonds is 17. The average molecular weight is 675 g/mol. The van der Waals surface area contributed by atoms with Crippen LogP contribution in [0, 0.1) is 5.92 Å². The van der Waals surface area contributed by atoms with Crippen LogP contribution in [0.3, 0.4) is 0 Å². The molecule has 0 unspecified atom stereocenters. The van der Waals surface area contributed by atoms with Gasteiger partial charge in [0.15, 0.2) is 0 Å². The lowest BCUT2D eigenvalue weighted by atomic mass is 10.0. The summed E-state index contributed by atoms with van der Waals surface area (Å²) in [4.78, 5) is 24.1. The Bertz CT molecular complexity index is 1660. The molecule has 0 radical (unpaired) electrons. The van der Waals surface area contributed by atoms with Crippen LogP contribution >= 0.6 is 11.6 Å². The lowest BCUT2D eigenvalue weighted by Crippen LogP contribution is -2.22. The van der Waals surface area contributed by atoms with Crippen LogP contribution in [0.2, 0.25) is 30.7 Å². The number of carbonyl (C=O) groups is 1. The number of halogens is 1. The summed E-state index contributed by atoms with van der Waals surface area (Å²) in [5.74, 6) is 2.65. The molecule has 2 fully saturated rings. The number of aromatic nitrogens is 3. The minimum Gasteiger partial charge on any atom is -0.494 e. The van der Waals surface area contributed by atoms with Crippen LogP contribution in [0.15, 0.2) is 54.9 Å². The van der Waals surface area contributed by atoms with Crippen LogP contribution in [0.25, 0.3) is 22.3 Å². The smallest absolute Gasteiger partial charge is 0.231 e. The largest absolute Gasteiger partial charge is 0.494 e. The number of benzene rings is 2. The standard InChI is InChI=1S/C37H47ClN4O4Si/c1-47(2,3)20-19-44-26-42-35(28-9-12-31(13-10-28)45-18-6-17-41-15-4-5-16-41)24-33-36(42)39-25-40-37(33)46-32-14-11-29(34(38)23-32)22-30(43)21-27-7-8-27/h9-14,23-25,27H,4-8,15-22,26H2,1-3H3. The molecule has 0 amide bonds. The maximum Gasteiger partial charge on any atom is 0.231 e. The summed E-state index contributed by atoms with van der Waals surface area (Å²) >= 11 is 6.61. The van der Waals surface area contributed by atoms with Crippen molar-refractivity contribution < 1.29 is 19.0 Å². The first kappa shape index (κ1) is 33.7. The van der Waals surface area contributed by atoms with Crippen molar-refractivity contribution in [2.24, 2.45) is 5.92 Å². The lowest BCUT2D eigenvalue weighted by Gasteiger charge is -2.17. The Morgan fingerprint density at radius 2 is 1.74 bits per heavy atom. The van der Waals surface area contributed by atoms with Gasteiger partial charge in [-0.15, -0.1) is 0 Å². The van der Waals surface area contributed by atoms with Gasteiger partial charge < -0.3 is 23.7 Å². The van der Waals surface area contributed by atoms with E-state index in [1.54, 1.807) is 6.07 Å². The normalized spacial score (nSPS) is 15.4. The van der Waals surface area contributed by atoms with Crippen LogP contribution in [-0.4, -0.2) is 66.1 Å². The number of ketones is 1.